The highest BCUT2D eigenvalue weighted by Crippen LogP contribution is 2.24. The zero-order chi connectivity index (χ0) is 14.1. The molecule has 1 N–H and O–H groups in total. The lowest BCUT2D eigenvalue weighted by Crippen LogP contribution is -2.01. The SMILES string of the molecule is CCc1ccsc1Cn1c(=S)[nH]c2c(OC)ncnc21. The third-order valence-electron chi connectivity index (χ3n) is 3.24. The van der Waals surface area contributed by atoms with Gasteiger partial charge in [-0.3, -0.25) is 4.57 Å². The van der Waals surface area contributed by atoms with Gasteiger partial charge in [0.05, 0.1) is 13.7 Å². The van der Waals surface area contributed by atoms with Gasteiger partial charge in [-0.15, -0.1) is 11.3 Å². The smallest absolute Gasteiger partial charge is 0.242 e. The number of hydrogen-bond donors (Lipinski definition) is 1. The van der Waals surface area contributed by atoms with Gasteiger partial charge in [-0.05, 0) is 35.6 Å². The molecule has 3 rings (SSSR count). The van der Waals surface area contributed by atoms with E-state index in [0.717, 1.165) is 24.1 Å². The van der Waals surface area contributed by atoms with Gasteiger partial charge in [-0.25, -0.2) is 4.98 Å². The first kappa shape index (κ1) is 13.3. The molecular formula is C13H14N4OS2. The van der Waals surface area contributed by atoms with Crippen molar-refractivity contribution in [2.75, 3.05) is 7.11 Å². The molecule has 5 nitrogen and oxygen atoms in total. The molecule has 0 atom stereocenters. The Hall–Kier alpha value is -1.73. The van der Waals surface area contributed by atoms with Crippen molar-refractivity contribution >= 4 is 34.7 Å². The molecule has 0 fully saturated rings. The predicted molar refractivity (Wildman–Crippen MR) is 82.1 cm³/mol. The van der Waals surface area contributed by atoms with Crippen LogP contribution in [0.2, 0.25) is 0 Å². The average molecular weight is 306 g/mol. The first-order chi connectivity index (χ1) is 9.74. The van der Waals surface area contributed by atoms with E-state index < -0.39 is 0 Å². The summed E-state index contributed by atoms with van der Waals surface area (Å²) in [6, 6.07) is 2.16. The van der Waals surface area contributed by atoms with E-state index in [-0.39, 0.29) is 0 Å². The molecule has 0 bridgehead atoms. The second kappa shape index (κ2) is 5.34. The van der Waals surface area contributed by atoms with Crippen LogP contribution < -0.4 is 4.74 Å². The van der Waals surface area contributed by atoms with E-state index in [1.54, 1.807) is 18.4 Å². The maximum Gasteiger partial charge on any atom is 0.242 e. The molecule has 0 saturated carbocycles. The lowest BCUT2D eigenvalue weighted by molar-refractivity contribution is 0.401. The van der Waals surface area contributed by atoms with Crippen molar-refractivity contribution < 1.29 is 4.74 Å². The molecule has 3 aromatic rings. The van der Waals surface area contributed by atoms with Crippen LogP contribution in [0.25, 0.3) is 11.2 Å². The third kappa shape index (κ3) is 2.12. The minimum Gasteiger partial charge on any atom is -0.479 e. The van der Waals surface area contributed by atoms with Crippen LogP contribution in [-0.4, -0.2) is 26.6 Å². The van der Waals surface area contributed by atoms with Crippen molar-refractivity contribution in [2.24, 2.45) is 0 Å². The zero-order valence-electron chi connectivity index (χ0n) is 11.2. The Balaban J connectivity index is 2.12. The lowest BCUT2D eigenvalue weighted by atomic mass is 10.2. The van der Waals surface area contributed by atoms with Crippen molar-refractivity contribution in [2.45, 2.75) is 19.9 Å². The number of imidazole rings is 1. The molecule has 0 saturated heterocycles. The Morgan fingerprint density at radius 1 is 1.45 bits per heavy atom. The molecule has 3 aromatic heterocycles. The molecule has 0 aliphatic carbocycles. The highest BCUT2D eigenvalue weighted by Gasteiger charge is 2.13. The highest BCUT2D eigenvalue weighted by atomic mass is 32.1. The first-order valence-electron chi connectivity index (χ1n) is 6.27. The van der Waals surface area contributed by atoms with Crippen molar-refractivity contribution in [3.63, 3.8) is 0 Å². The summed E-state index contributed by atoms with van der Waals surface area (Å²) in [4.78, 5) is 12.9. The summed E-state index contributed by atoms with van der Waals surface area (Å²) in [5.41, 5.74) is 2.87. The van der Waals surface area contributed by atoms with Gasteiger partial charge in [0.15, 0.2) is 10.4 Å². The molecule has 0 radical (unpaired) electrons. The molecule has 20 heavy (non-hydrogen) atoms. The van der Waals surface area contributed by atoms with Crippen LogP contribution in [0, 0.1) is 4.77 Å². The molecule has 7 heteroatoms. The number of nitrogens with one attached hydrogen (secondary N) is 1. The van der Waals surface area contributed by atoms with Crippen LogP contribution in [0.15, 0.2) is 17.8 Å². The Kier molecular flexibility index (Phi) is 3.54. The summed E-state index contributed by atoms with van der Waals surface area (Å²) in [5.74, 6) is 0.516. The van der Waals surface area contributed by atoms with E-state index in [1.807, 2.05) is 4.57 Å². The number of methoxy groups -OCH3 is 1. The maximum absolute atomic E-state index is 5.40. The number of H-pyrrole nitrogens is 1. The van der Waals surface area contributed by atoms with E-state index >= 15 is 0 Å². The highest BCUT2D eigenvalue weighted by molar-refractivity contribution is 7.71. The molecule has 104 valence electrons. The number of rotatable bonds is 4. The van der Waals surface area contributed by atoms with Crippen LogP contribution in [0.5, 0.6) is 5.88 Å². The average Bonchev–Trinajstić information content (AvgIpc) is 3.04. The summed E-state index contributed by atoms with van der Waals surface area (Å²) in [6.45, 7) is 2.88. The second-order valence-corrected chi connectivity index (χ2v) is 5.71. The normalized spacial score (nSPS) is 11.1. The van der Waals surface area contributed by atoms with Crippen molar-refractivity contribution in [1.29, 1.82) is 0 Å². The minimum atomic E-state index is 0.516. The second-order valence-electron chi connectivity index (χ2n) is 4.32. The molecule has 0 amide bonds. The number of thiophene rings is 1. The topological polar surface area (TPSA) is 55.7 Å². The third-order valence-corrected chi connectivity index (χ3v) is 4.51. The molecule has 0 unspecified atom stereocenters. The lowest BCUT2D eigenvalue weighted by Gasteiger charge is -2.04. The Labute approximate surface area is 125 Å². The maximum atomic E-state index is 5.40. The monoisotopic (exact) mass is 306 g/mol. The molecule has 0 aliphatic heterocycles. The van der Waals surface area contributed by atoms with Gasteiger partial charge >= 0.3 is 0 Å². The van der Waals surface area contributed by atoms with Gasteiger partial charge in [0.1, 0.15) is 11.8 Å². The molecule has 0 spiro atoms. The zero-order valence-corrected chi connectivity index (χ0v) is 12.8. The first-order valence-corrected chi connectivity index (χ1v) is 7.56. The predicted octanol–water partition coefficient (Wildman–Crippen LogP) is 3.17. The molecule has 3 heterocycles. The number of ether oxygens (including phenoxy) is 1. The summed E-state index contributed by atoms with van der Waals surface area (Å²) >= 11 is 7.15. The van der Waals surface area contributed by atoms with Crippen molar-refractivity contribution in [1.82, 2.24) is 19.5 Å². The number of nitrogens with zero attached hydrogens (tertiary/aromatic N) is 3. The van der Waals surface area contributed by atoms with Crippen LogP contribution in [-0.2, 0) is 13.0 Å². The van der Waals surface area contributed by atoms with E-state index in [0.29, 0.717) is 10.7 Å². The van der Waals surface area contributed by atoms with Crippen molar-refractivity contribution in [3.8, 4) is 5.88 Å². The van der Waals surface area contributed by atoms with E-state index in [9.17, 15) is 0 Å². The minimum absolute atomic E-state index is 0.516. The fraction of sp³-hybridized carbons (Fsp3) is 0.308. The standard InChI is InChI=1S/C13H14N4OS2/c1-3-8-4-5-20-9(8)6-17-11-10(16-13(17)19)12(18-2)15-7-14-11/h4-5,7H,3,6H2,1-2H3,(H,16,19). The van der Waals surface area contributed by atoms with Gasteiger partial charge in [0.25, 0.3) is 0 Å². The van der Waals surface area contributed by atoms with Crippen LogP contribution >= 0.6 is 23.6 Å². The molecule has 0 aromatic carbocycles. The number of aryl methyl sites for hydroxylation is 1. The van der Waals surface area contributed by atoms with E-state index in [1.165, 1.54) is 16.8 Å². The van der Waals surface area contributed by atoms with E-state index in [2.05, 4.69) is 33.3 Å². The molecular weight excluding hydrogens is 292 g/mol. The summed E-state index contributed by atoms with van der Waals surface area (Å²) in [5, 5.41) is 2.11. The van der Waals surface area contributed by atoms with Crippen LogP contribution in [0.3, 0.4) is 0 Å². The van der Waals surface area contributed by atoms with Crippen molar-refractivity contribution in [3.05, 3.63) is 33.0 Å². The Bertz CT molecular complexity index is 802. The summed E-state index contributed by atoms with van der Waals surface area (Å²) in [7, 11) is 1.59. The van der Waals surface area contributed by atoms with Crippen LogP contribution in [0.4, 0.5) is 0 Å². The Morgan fingerprint density at radius 2 is 2.30 bits per heavy atom. The van der Waals surface area contributed by atoms with Gasteiger partial charge < -0.3 is 9.72 Å². The molecule has 0 aliphatic rings. The fourth-order valence-electron chi connectivity index (χ4n) is 2.21. The van der Waals surface area contributed by atoms with E-state index in [4.69, 9.17) is 17.0 Å². The van der Waals surface area contributed by atoms with Gasteiger partial charge in [0, 0.05) is 4.88 Å². The quantitative estimate of drug-likeness (QED) is 0.752. The number of aromatic amines is 1. The van der Waals surface area contributed by atoms with Gasteiger partial charge in [0.2, 0.25) is 5.88 Å². The van der Waals surface area contributed by atoms with Gasteiger partial charge in [-0.1, -0.05) is 6.92 Å². The number of aromatic nitrogens is 4. The fourth-order valence-corrected chi connectivity index (χ4v) is 3.43. The summed E-state index contributed by atoms with van der Waals surface area (Å²) < 4.78 is 7.86. The van der Waals surface area contributed by atoms with Gasteiger partial charge in [-0.2, -0.15) is 4.98 Å². The largest absolute Gasteiger partial charge is 0.479 e. The summed E-state index contributed by atoms with van der Waals surface area (Å²) in [6.07, 6.45) is 2.52. The number of fused-ring (bicyclic) bond motifs is 1. The Morgan fingerprint density at radius 3 is 3.05 bits per heavy atom. The number of hydrogen-bond acceptors (Lipinski definition) is 5. The van der Waals surface area contributed by atoms with Crippen LogP contribution in [0.1, 0.15) is 17.4 Å².